The molecular weight excluding hydrogens is 323 g/mol. The number of para-hydroxylation sites is 1. The predicted octanol–water partition coefficient (Wildman–Crippen LogP) is 4.92. The van der Waals surface area contributed by atoms with Gasteiger partial charge in [0.2, 0.25) is 5.91 Å². The highest BCUT2D eigenvalue weighted by molar-refractivity contribution is 8.00. The monoisotopic (exact) mass is 342 g/mol. The second kappa shape index (κ2) is 7.53. The summed E-state index contributed by atoms with van der Waals surface area (Å²) >= 11 is 1.52. The fourth-order valence-corrected chi connectivity index (χ4v) is 3.52. The van der Waals surface area contributed by atoms with E-state index in [4.69, 9.17) is 0 Å². The molecule has 0 fully saturated rings. The van der Waals surface area contributed by atoms with Crippen LogP contribution in [0.1, 0.15) is 13.3 Å². The van der Waals surface area contributed by atoms with Gasteiger partial charge < -0.3 is 9.88 Å². The van der Waals surface area contributed by atoms with Crippen LogP contribution in [0.5, 0.6) is 0 Å². The Morgan fingerprint density at radius 2 is 1.92 bits per heavy atom. The van der Waals surface area contributed by atoms with Gasteiger partial charge in [-0.15, -0.1) is 11.8 Å². The molecule has 24 heavy (non-hydrogen) atoms. The maximum absolute atomic E-state index is 12.9. The summed E-state index contributed by atoms with van der Waals surface area (Å²) in [6.45, 7) is 3.11. The van der Waals surface area contributed by atoms with E-state index in [0.29, 0.717) is 11.4 Å². The molecule has 5 heteroatoms. The van der Waals surface area contributed by atoms with Crippen molar-refractivity contribution in [3.8, 4) is 0 Å². The highest BCUT2D eigenvalue weighted by atomic mass is 32.2. The van der Waals surface area contributed by atoms with Crippen molar-refractivity contribution in [2.75, 3.05) is 11.1 Å². The number of nitrogens with zero attached hydrogens (tertiary/aromatic N) is 1. The molecule has 1 N–H and O–H groups in total. The van der Waals surface area contributed by atoms with Gasteiger partial charge >= 0.3 is 0 Å². The van der Waals surface area contributed by atoms with E-state index in [9.17, 15) is 9.18 Å². The van der Waals surface area contributed by atoms with Gasteiger partial charge in [-0.3, -0.25) is 4.79 Å². The van der Waals surface area contributed by atoms with Gasteiger partial charge in [-0.2, -0.15) is 0 Å². The molecule has 0 bridgehead atoms. The second-order valence-electron chi connectivity index (χ2n) is 5.55. The summed E-state index contributed by atoms with van der Waals surface area (Å²) in [4.78, 5) is 13.2. The Bertz CT molecular complexity index is 842. The average Bonchev–Trinajstić information content (AvgIpc) is 2.94. The van der Waals surface area contributed by atoms with Gasteiger partial charge in [0.1, 0.15) is 5.82 Å². The largest absolute Gasteiger partial charge is 0.346 e. The number of hydrogen-bond donors (Lipinski definition) is 1. The first-order valence-electron chi connectivity index (χ1n) is 7.93. The highest BCUT2D eigenvalue weighted by Crippen LogP contribution is 2.30. The van der Waals surface area contributed by atoms with E-state index in [1.807, 2.05) is 12.1 Å². The lowest BCUT2D eigenvalue weighted by molar-refractivity contribution is -0.113. The standard InChI is InChI=1S/C19H19FN2OS/c1-2-11-22-12-18(16-5-3-4-6-17(16)22)24-13-19(23)21-15-9-7-14(20)8-10-15/h3-10,12H,2,11,13H2,1H3,(H,21,23). The van der Waals surface area contributed by atoms with Crippen molar-refractivity contribution in [3.05, 3.63) is 60.5 Å². The number of rotatable bonds is 6. The fourth-order valence-electron chi connectivity index (χ4n) is 2.63. The van der Waals surface area contributed by atoms with Crippen LogP contribution in [0, 0.1) is 5.82 Å². The average molecular weight is 342 g/mol. The molecule has 0 radical (unpaired) electrons. The summed E-state index contributed by atoms with van der Waals surface area (Å²) in [6.07, 6.45) is 3.18. The van der Waals surface area contributed by atoms with Crippen LogP contribution >= 0.6 is 11.8 Å². The van der Waals surface area contributed by atoms with Gasteiger partial charge in [0, 0.05) is 34.2 Å². The van der Waals surface area contributed by atoms with Crippen LogP contribution in [0.4, 0.5) is 10.1 Å². The first-order valence-corrected chi connectivity index (χ1v) is 8.92. The molecule has 0 aliphatic carbocycles. The lowest BCUT2D eigenvalue weighted by Gasteiger charge is -2.04. The lowest BCUT2D eigenvalue weighted by Crippen LogP contribution is -2.13. The third kappa shape index (κ3) is 3.79. The van der Waals surface area contributed by atoms with E-state index in [-0.39, 0.29) is 11.7 Å². The zero-order valence-corrected chi connectivity index (χ0v) is 14.3. The van der Waals surface area contributed by atoms with Crippen LogP contribution < -0.4 is 5.32 Å². The molecule has 0 unspecified atom stereocenters. The third-order valence-electron chi connectivity index (χ3n) is 3.70. The number of aryl methyl sites for hydroxylation is 1. The first kappa shape index (κ1) is 16.6. The molecular formula is C19H19FN2OS. The molecule has 1 amide bonds. The molecule has 3 rings (SSSR count). The number of hydrogen-bond acceptors (Lipinski definition) is 2. The Kier molecular flexibility index (Phi) is 5.20. The van der Waals surface area contributed by atoms with Crippen molar-refractivity contribution in [1.82, 2.24) is 4.57 Å². The van der Waals surface area contributed by atoms with Gasteiger partial charge in [0.05, 0.1) is 5.75 Å². The molecule has 0 spiro atoms. The molecule has 1 aromatic heterocycles. The van der Waals surface area contributed by atoms with E-state index in [2.05, 4.69) is 35.1 Å². The van der Waals surface area contributed by atoms with Gasteiger partial charge in [-0.05, 0) is 36.8 Å². The molecule has 0 aliphatic rings. The number of carbonyl (C=O) groups is 1. The molecule has 124 valence electrons. The van der Waals surface area contributed by atoms with Crippen LogP contribution in [0.3, 0.4) is 0 Å². The maximum atomic E-state index is 12.9. The number of nitrogens with one attached hydrogen (secondary N) is 1. The molecule has 3 nitrogen and oxygen atoms in total. The summed E-state index contributed by atoms with van der Waals surface area (Å²) in [7, 11) is 0. The van der Waals surface area contributed by atoms with Gasteiger partial charge in [0.15, 0.2) is 0 Å². The van der Waals surface area contributed by atoms with Crippen LogP contribution in [0.15, 0.2) is 59.6 Å². The molecule has 0 atom stereocenters. The number of anilines is 1. The van der Waals surface area contributed by atoms with Gasteiger partial charge in [-0.1, -0.05) is 25.1 Å². The summed E-state index contributed by atoms with van der Waals surface area (Å²) in [5, 5.41) is 3.96. The number of amides is 1. The summed E-state index contributed by atoms with van der Waals surface area (Å²) in [5.74, 6) is -0.0950. The van der Waals surface area contributed by atoms with E-state index in [1.165, 1.54) is 34.8 Å². The minimum Gasteiger partial charge on any atom is -0.346 e. The molecule has 0 saturated heterocycles. The van der Waals surface area contributed by atoms with Crippen molar-refractivity contribution in [1.29, 1.82) is 0 Å². The van der Waals surface area contributed by atoms with Crippen LogP contribution in [-0.2, 0) is 11.3 Å². The first-order chi connectivity index (χ1) is 11.7. The van der Waals surface area contributed by atoms with Crippen LogP contribution in [-0.4, -0.2) is 16.2 Å². The normalized spacial score (nSPS) is 10.9. The van der Waals surface area contributed by atoms with Crippen LogP contribution in [0.25, 0.3) is 10.9 Å². The minimum atomic E-state index is -0.314. The summed E-state index contributed by atoms with van der Waals surface area (Å²) < 4.78 is 15.1. The quantitative estimate of drug-likeness (QED) is 0.645. The summed E-state index contributed by atoms with van der Waals surface area (Å²) in [5.41, 5.74) is 1.80. The molecule has 0 saturated carbocycles. The smallest absolute Gasteiger partial charge is 0.234 e. The number of thioether (sulfide) groups is 1. The summed E-state index contributed by atoms with van der Waals surface area (Å²) in [6, 6.07) is 14.0. The van der Waals surface area contributed by atoms with E-state index < -0.39 is 0 Å². The molecule has 1 heterocycles. The fraction of sp³-hybridized carbons (Fsp3) is 0.211. The van der Waals surface area contributed by atoms with Crippen molar-refractivity contribution in [2.24, 2.45) is 0 Å². The van der Waals surface area contributed by atoms with Crippen molar-refractivity contribution < 1.29 is 9.18 Å². The second-order valence-corrected chi connectivity index (χ2v) is 6.56. The zero-order valence-electron chi connectivity index (χ0n) is 13.5. The Hall–Kier alpha value is -2.27. The maximum Gasteiger partial charge on any atom is 0.234 e. The van der Waals surface area contributed by atoms with Crippen molar-refractivity contribution in [2.45, 2.75) is 24.8 Å². The Balaban J connectivity index is 1.69. The molecule has 3 aromatic rings. The highest BCUT2D eigenvalue weighted by Gasteiger charge is 2.10. The number of halogens is 1. The number of benzene rings is 2. The number of fused-ring (bicyclic) bond motifs is 1. The topological polar surface area (TPSA) is 34.0 Å². The Morgan fingerprint density at radius 3 is 2.67 bits per heavy atom. The minimum absolute atomic E-state index is 0.0982. The SMILES string of the molecule is CCCn1cc(SCC(=O)Nc2ccc(F)cc2)c2ccccc21. The van der Waals surface area contributed by atoms with E-state index in [1.54, 1.807) is 12.1 Å². The van der Waals surface area contributed by atoms with Crippen molar-refractivity contribution in [3.63, 3.8) is 0 Å². The number of carbonyl (C=O) groups excluding carboxylic acids is 1. The van der Waals surface area contributed by atoms with Gasteiger partial charge in [-0.25, -0.2) is 4.39 Å². The Labute approximate surface area is 144 Å². The van der Waals surface area contributed by atoms with E-state index >= 15 is 0 Å². The van der Waals surface area contributed by atoms with E-state index in [0.717, 1.165) is 17.9 Å². The third-order valence-corrected chi connectivity index (χ3v) is 4.75. The zero-order chi connectivity index (χ0) is 16.9. The number of aromatic nitrogens is 1. The molecule has 0 aliphatic heterocycles. The predicted molar refractivity (Wildman–Crippen MR) is 98.0 cm³/mol. The van der Waals surface area contributed by atoms with Gasteiger partial charge in [0.25, 0.3) is 0 Å². The van der Waals surface area contributed by atoms with Crippen LogP contribution in [0.2, 0.25) is 0 Å². The Morgan fingerprint density at radius 1 is 1.17 bits per heavy atom. The molecule has 2 aromatic carbocycles. The lowest BCUT2D eigenvalue weighted by atomic mass is 10.2. The van der Waals surface area contributed by atoms with Crippen molar-refractivity contribution >= 4 is 34.3 Å².